The molecule has 3 amide bonds. The highest BCUT2D eigenvalue weighted by Crippen LogP contribution is 2.35. The minimum absolute atomic E-state index is 0.0301. The van der Waals surface area contributed by atoms with Crippen molar-refractivity contribution in [3.63, 3.8) is 0 Å². The second-order valence-corrected chi connectivity index (χ2v) is 15.5. The highest BCUT2D eigenvalue weighted by Gasteiger charge is 2.38. The van der Waals surface area contributed by atoms with E-state index in [0.29, 0.717) is 13.1 Å². The van der Waals surface area contributed by atoms with Crippen molar-refractivity contribution in [2.75, 3.05) is 27.3 Å². The molecular formula is C43H52N8O5. The van der Waals surface area contributed by atoms with Gasteiger partial charge in [0.25, 0.3) is 0 Å². The van der Waals surface area contributed by atoms with Crippen molar-refractivity contribution in [1.29, 1.82) is 0 Å². The number of carbonyl (C=O) groups is 3. The van der Waals surface area contributed by atoms with Gasteiger partial charge in [0, 0.05) is 18.7 Å². The molecule has 4 heterocycles. The average molecular weight is 761 g/mol. The number of nitrogens with zero attached hydrogens (tertiary/aromatic N) is 4. The number of hydroxylamine groups is 1. The summed E-state index contributed by atoms with van der Waals surface area (Å²) in [4.78, 5) is 64.3. The molecule has 0 saturated carbocycles. The van der Waals surface area contributed by atoms with Gasteiger partial charge in [-0.15, -0.1) is 0 Å². The van der Waals surface area contributed by atoms with Crippen LogP contribution in [0.2, 0.25) is 0 Å². The fourth-order valence-electron chi connectivity index (χ4n) is 8.03. The molecule has 56 heavy (non-hydrogen) atoms. The molecule has 0 spiro atoms. The summed E-state index contributed by atoms with van der Waals surface area (Å²) in [5.74, 6) is 1.43. The Labute approximate surface area is 327 Å². The molecule has 5 aromatic rings. The van der Waals surface area contributed by atoms with E-state index in [2.05, 4.69) is 81.4 Å². The smallest absolute Gasteiger partial charge is 0.407 e. The van der Waals surface area contributed by atoms with Gasteiger partial charge in [-0.3, -0.25) is 9.59 Å². The molecular weight excluding hydrogens is 709 g/mol. The van der Waals surface area contributed by atoms with Crippen molar-refractivity contribution >= 4 is 28.7 Å². The number of aromatic nitrogens is 4. The van der Waals surface area contributed by atoms with Gasteiger partial charge in [0.05, 0.1) is 50.1 Å². The highest BCUT2D eigenvalue weighted by atomic mass is 16.6. The summed E-state index contributed by atoms with van der Waals surface area (Å²) in [7, 11) is 2.84. The third-order valence-electron chi connectivity index (χ3n) is 11.1. The first-order valence-corrected chi connectivity index (χ1v) is 19.5. The summed E-state index contributed by atoms with van der Waals surface area (Å²) in [6.45, 7) is 9.14. The van der Waals surface area contributed by atoms with Crippen LogP contribution in [-0.2, 0) is 19.2 Å². The van der Waals surface area contributed by atoms with E-state index in [0.717, 1.165) is 81.7 Å². The number of alkyl carbamates (subject to hydrolysis) is 1. The van der Waals surface area contributed by atoms with Crippen LogP contribution in [0.3, 0.4) is 0 Å². The molecule has 2 saturated heterocycles. The molecule has 0 bridgehead atoms. The lowest BCUT2D eigenvalue weighted by molar-refractivity contribution is -0.140. The molecule has 0 aliphatic carbocycles. The van der Waals surface area contributed by atoms with Crippen LogP contribution >= 0.6 is 0 Å². The Morgan fingerprint density at radius 2 is 1.16 bits per heavy atom. The number of aromatic amines is 2. The molecule has 2 aromatic heterocycles. The first kappa shape index (κ1) is 38.7. The Morgan fingerprint density at radius 3 is 1.70 bits per heavy atom. The monoisotopic (exact) mass is 760 g/mol. The number of fused-ring (bicyclic) bond motifs is 1. The number of methoxy groups -OCH3 is 1. The third-order valence-corrected chi connectivity index (χ3v) is 11.1. The average Bonchev–Trinajstić information content (AvgIpc) is 4.05. The van der Waals surface area contributed by atoms with Gasteiger partial charge in [-0.1, -0.05) is 76.2 Å². The van der Waals surface area contributed by atoms with Crippen LogP contribution in [0, 0.1) is 11.8 Å². The zero-order valence-corrected chi connectivity index (χ0v) is 33.0. The predicted molar refractivity (Wildman–Crippen MR) is 215 cm³/mol. The second-order valence-electron chi connectivity index (χ2n) is 15.5. The topological polar surface area (TPSA) is 158 Å². The van der Waals surface area contributed by atoms with E-state index in [4.69, 9.17) is 19.5 Å². The Morgan fingerprint density at radius 1 is 0.679 bits per heavy atom. The largest absolute Gasteiger partial charge is 0.453 e. The van der Waals surface area contributed by atoms with Crippen LogP contribution in [0.4, 0.5) is 4.79 Å². The lowest BCUT2D eigenvalue weighted by Crippen LogP contribution is -2.51. The molecule has 0 radical (unpaired) electrons. The number of hydrogen-bond acceptors (Lipinski definition) is 8. The Balaban J connectivity index is 1.03. The molecule has 2 aliphatic rings. The molecule has 0 unspecified atom stereocenters. The van der Waals surface area contributed by atoms with E-state index < -0.39 is 18.2 Å². The summed E-state index contributed by atoms with van der Waals surface area (Å²) in [6, 6.07) is 19.9. The number of ether oxygens (including phenoxy) is 1. The SMILES string of the molecule is CON[C@H](C(=O)N1CCC[C@H]1c1ncc(-c2ccc(-c3ccc4cc(-c5cnc([C@@H]6CCCN6C(=O)[C@@H](NC(=O)OC)C(C)C)[nH]5)ccc4c3)cc2)[nH]1)C(C)C. The lowest BCUT2D eigenvalue weighted by Gasteiger charge is -2.30. The van der Waals surface area contributed by atoms with Gasteiger partial charge in [-0.05, 0) is 77.1 Å². The number of likely N-dealkylation sites (tertiary alicyclic amines) is 2. The van der Waals surface area contributed by atoms with Crippen molar-refractivity contribution in [3.8, 4) is 33.6 Å². The van der Waals surface area contributed by atoms with Crippen molar-refractivity contribution in [2.24, 2.45) is 11.8 Å². The van der Waals surface area contributed by atoms with Crippen LogP contribution in [-0.4, -0.2) is 87.0 Å². The molecule has 4 atom stereocenters. The molecule has 2 fully saturated rings. The van der Waals surface area contributed by atoms with Gasteiger partial charge in [-0.2, -0.15) is 5.48 Å². The van der Waals surface area contributed by atoms with E-state index in [9.17, 15) is 14.4 Å². The van der Waals surface area contributed by atoms with E-state index in [1.807, 2.05) is 49.9 Å². The summed E-state index contributed by atoms with van der Waals surface area (Å²) in [5, 5.41) is 4.93. The second kappa shape index (κ2) is 16.7. The number of rotatable bonds is 12. The summed E-state index contributed by atoms with van der Waals surface area (Å²) in [6.07, 6.45) is 6.50. The summed E-state index contributed by atoms with van der Waals surface area (Å²) < 4.78 is 4.77. The number of hydrogen-bond donors (Lipinski definition) is 4. The molecule has 294 valence electrons. The third kappa shape index (κ3) is 7.92. The minimum atomic E-state index is -0.680. The number of imidazole rings is 2. The molecule has 4 N–H and O–H groups in total. The zero-order valence-electron chi connectivity index (χ0n) is 33.0. The van der Waals surface area contributed by atoms with E-state index >= 15 is 0 Å². The maximum atomic E-state index is 13.6. The lowest BCUT2D eigenvalue weighted by atomic mass is 9.98. The normalized spacial score (nSPS) is 18.2. The summed E-state index contributed by atoms with van der Waals surface area (Å²) >= 11 is 0. The number of nitrogens with one attached hydrogen (secondary N) is 4. The molecule has 2 aliphatic heterocycles. The predicted octanol–water partition coefficient (Wildman–Crippen LogP) is 7.17. The van der Waals surface area contributed by atoms with Crippen molar-refractivity contribution in [2.45, 2.75) is 77.5 Å². The van der Waals surface area contributed by atoms with Gasteiger partial charge in [-0.25, -0.2) is 14.8 Å². The van der Waals surface area contributed by atoms with Crippen LogP contribution in [0.5, 0.6) is 0 Å². The number of amides is 3. The van der Waals surface area contributed by atoms with Gasteiger partial charge in [0.15, 0.2) is 0 Å². The Hall–Kier alpha value is -5.53. The molecule has 7 rings (SSSR count). The number of carbonyl (C=O) groups excluding carboxylic acids is 3. The maximum absolute atomic E-state index is 13.6. The standard InChI is InChI=1S/C43H52N8O5/c1-25(2)37(48-43(54)55-5)41(52)50-19-7-9-35(50)40-45-24-34(47-40)32-18-17-30-21-29(15-16-31(30)22-32)27-11-13-28(14-12-27)33-23-44-39(46-33)36-10-8-20-51(36)42(53)38(26(3)4)49-56-6/h11-18,21-26,35-38,49H,7-10,19-20H2,1-6H3,(H,44,46)(H,45,47)(H,48,54)/t35-,36-,37-,38-/m0/s1. The van der Waals surface area contributed by atoms with Gasteiger partial charge in [0.1, 0.15) is 23.7 Å². The fraction of sp³-hybridized carbons (Fsp3) is 0.419. The Bertz CT molecular complexity index is 2180. The van der Waals surface area contributed by atoms with E-state index in [1.165, 1.54) is 7.11 Å². The van der Waals surface area contributed by atoms with Crippen LogP contribution in [0.25, 0.3) is 44.4 Å². The molecule has 13 nitrogen and oxygen atoms in total. The van der Waals surface area contributed by atoms with Crippen molar-refractivity contribution in [1.82, 2.24) is 40.5 Å². The van der Waals surface area contributed by atoms with Crippen molar-refractivity contribution < 1.29 is 24.0 Å². The quantitative estimate of drug-likeness (QED) is 0.0976. The molecule has 3 aromatic carbocycles. The highest BCUT2D eigenvalue weighted by molar-refractivity contribution is 5.91. The van der Waals surface area contributed by atoms with Crippen molar-refractivity contribution in [3.05, 3.63) is 84.7 Å². The van der Waals surface area contributed by atoms with E-state index in [-0.39, 0.29) is 35.7 Å². The van der Waals surface area contributed by atoms with Crippen LogP contribution in [0.1, 0.15) is 77.1 Å². The first-order chi connectivity index (χ1) is 27.1. The maximum Gasteiger partial charge on any atom is 0.407 e. The van der Waals surface area contributed by atoms with Gasteiger partial charge in [0.2, 0.25) is 11.8 Å². The van der Waals surface area contributed by atoms with Gasteiger partial charge >= 0.3 is 6.09 Å². The van der Waals surface area contributed by atoms with Crippen LogP contribution < -0.4 is 10.8 Å². The van der Waals surface area contributed by atoms with Crippen LogP contribution in [0.15, 0.2) is 73.1 Å². The van der Waals surface area contributed by atoms with E-state index in [1.54, 1.807) is 7.11 Å². The fourth-order valence-corrected chi connectivity index (χ4v) is 8.03. The Kier molecular flexibility index (Phi) is 11.5. The number of benzene rings is 3. The van der Waals surface area contributed by atoms with Gasteiger partial charge < -0.3 is 34.7 Å². The minimum Gasteiger partial charge on any atom is -0.453 e. The first-order valence-electron chi connectivity index (χ1n) is 19.5. The molecule has 13 heteroatoms. The number of H-pyrrole nitrogens is 2. The summed E-state index contributed by atoms with van der Waals surface area (Å²) in [5.41, 5.74) is 8.92. The zero-order chi connectivity index (χ0) is 39.5.